The van der Waals surface area contributed by atoms with Crippen molar-refractivity contribution in [3.05, 3.63) is 68.5 Å². The largest absolute Gasteiger partial charge is 0.486 e. The number of hydrogen-bond donors (Lipinski definition) is 0. The van der Waals surface area contributed by atoms with Crippen LogP contribution in [-0.2, 0) is 0 Å². The Hall–Kier alpha value is -2.14. The molecule has 1 unspecified atom stereocenters. The van der Waals surface area contributed by atoms with Gasteiger partial charge in [0.25, 0.3) is 5.69 Å². The first-order valence-corrected chi connectivity index (χ1v) is 6.63. The summed E-state index contributed by atoms with van der Waals surface area (Å²) in [4.78, 5) is 10.1. The minimum atomic E-state index is -0.612. The summed E-state index contributed by atoms with van der Waals surface area (Å²) in [5, 5.41) is 10.9. The average molecular weight is 310 g/mol. The molecule has 21 heavy (non-hydrogen) atoms. The first-order valence-electron chi connectivity index (χ1n) is 6.25. The predicted octanol–water partition coefficient (Wildman–Crippen LogP) is 4.84. The van der Waals surface area contributed by atoms with E-state index in [1.807, 2.05) is 0 Å². The van der Waals surface area contributed by atoms with Crippen LogP contribution in [0.15, 0.2) is 36.4 Å². The minimum Gasteiger partial charge on any atom is -0.486 e. The Morgan fingerprint density at radius 1 is 1.24 bits per heavy atom. The fraction of sp³-hybridized carbons (Fsp3) is 0.200. The summed E-state index contributed by atoms with van der Waals surface area (Å²) < 4.78 is 19.5. The summed E-state index contributed by atoms with van der Waals surface area (Å²) >= 11 is 6.12. The molecule has 0 amide bonds. The first-order chi connectivity index (χ1) is 9.90. The molecule has 0 saturated carbocycles. The number of ether oxygens (including phenoxy) is 1. The fourth-order valence-corrected chi connectivity index (χ4v) is 2.27. The van der Waals surface area contributed by atoms with Gasteiger partial charge in [-0.1, -0.05) is 17.7 Å². The molecule has 0 radical (unpaired) electrons. The van der Waals surface area contributed by atoms with E-state index < -0.39 is 16.8 Å². The molecular weight excluding hydrogens is 297 g/mol. The summed E-state index contributed by atoms with van der Waals surface area (Å²) in [7, 11) is 0. The van der Waals surface area contributed by atoms with Gasteiger partial charge in [0, 0.05) is 17.7 Å². The molecule has 0 bridgehead atoms. The number of hydrogen-bond acceptors (Lipinski definition) is 3. The standard InChI is InChI=1S/C15H13ClFNO3/c1-9-3-8-13(17)14(15(9)16)10(2)21-12-6-4-11(5-7-12)18(19)20/h3-8,10H,1-2H3. The molecule has 0 aromatic heterocycles. The normalized spacial score (nSPS) is 12.0. The van der Waals surface area contributed by atoms with E-state index in [2.05, 4.69) is 0 Å². The highest BCUT2D eigenvalue weighted by atomic mass is 35.5. The maximum atomic E-state index is 13.9. The van der Waals surface area contributed by atoms with Gasteiger partial charge in [-0.15, -0.1) is 0 Å². The van der Waals surface area contributed by atoms with E-state index in [9.17, 15) is 14.5 Å². The molecule has 2 aromatic rings. The third-order valence-corrected chi connectivity index (χ3v) is 3.59. The van der Waals surface area contributed by atoms with E-state index in [0.29, 0.717) is 10.8 Å². The Balaban J connectivity index is 2.24. The lowest BCUT2D eigenvalue weighted by molar-refractivity contribution is -0.384. The molecule has 0 aliphatic rings. The van der Waals surface area contributed by atoms with Crippen LogP contribution < -0.4 is 4.74 Å². The second kappa shape index (κ2) is 6.10. The van der Waals surface area contributed by atoms with Crippen molar-refractivity contribution >= 4 is 17.3 Å². The van der Waals surface area contributed by atoms with Crippen LogP contribution in [0.1, 0.15) is 24.2 Å². The topological polar surface area (TPSA) is 52.4 Å². The quantitative estimate of drug-likeness (QED) is 0.600. The summed E-state index contributed by atoms with van der Waals surface area (Å²) in [6.45, 7) is 3.45. The average Bonchev–Trinajstić information content (AvgIpc) is 2.44. The van der Waals surface area contributed by atoms with Gasteiger partial charge >= 0.3 is 0 Å². The molecule has 0 aliphatic heterocycles. The summed E-state index contributed by atoms with van der Waals surface area (Å²) in [5.74, 6) is -0.0370. The lowest BCUT2D eigenvalue weighted by Crippen LogP contribution is -2.07. The number of nitro benzene ring substituents is 1. The maximum absolute atomic E-state index is 13.9. The van der Waals surface area contributed by atoms with Crippen molar-refractivity contribution in [3.8, 4) is 5.75 Å². The SMILES string of the molecule is Cc1ccc(F)c(C(C)Oc2ccc([N+](=O)[O-])cc2)c1Cl. The monoisotopic (exact) mass is 309 g/mol. The molecule has 0 saturated heterocycles. The zero-order valence-electron chi connectivity index (χ0n) is 11.5. The fourth-order valence-electron chi connectivity index (χ4n) is 1.96. The molecule has 0 N–H and O–H groups in total. The van der Waals surface area contributed by atoms with E-state index in [1.54, 1.807) is 19.9 Å². The number of non-ortho nitro benzene ring substituents is 1. The number of rotatable bonds is 4. The van der Waals surface area contributed by atoms with Crippen LogP contribution in [0, 0.1) is 22.9 Å². The highest BCUT2D eigenvalue weighted by molar-refractivity contribution is 6.32. The molecule has 0 heterocycles. The molecule has 0 spiro atoms. The number of benzene rings is 2. The van der Waals surface area contributed by atoms with E-state index in [1.165, 1.54) is 30.3 Å². The van der Waals surface area contributed by atoms with E-state index >= 15 is 0 Å². The van der Waals surface area contributed by atoms with Crippen molar-refractivity contribution in [1.82, 2.24) is 0 Å². The first kappa shape index (κ1) is 15.3. The zero-order chi connectivity index (χ0) is 15.6. The number of nitrogens with zero attached hydrogens (tertiary/aromatic N) is 1. The molecule has 0 fully saturated rings. The van der Waals surface area contributed by atoms with E-state index in [4.69, 9.17) is 16.3 Å². The predicted molar refractivity (Wildman–Crippen MR) is 78.3 cm³/mol. The van der Waals surface area contributed by atoms with Gasteiger partial charge < -0.3 is 4.74 Å². The highest BCUT2D eigenvalue weighted by Crippen LogP contribution is 2.32. The van der Waals surface area contributed by atoms with Crippen LogP contribution >= 0.6 is 11.6 Å². The second-order valence-corrected chi connectivity index (χ2v) is 4.98. The second-order valence-electron chi connectivity index (χ2n) is 4.60. The number of halogens is 2. The smallest absolute Gasteiger partial charge is 0.269 e. The molecule has 2 aromatic carbocycles. The highest BCUT2D eigenvalue weighted by Gasteiger charge is 2.18. The Morgan fingerprint density at radius 2 is 1.86 bits per heavy atom. The van der Waals surface area contributed by atoms with Crippen molar-refractivity contribution in [2.24, 2.45) is 0 Å². The lowest BCUT2D eigenvalue weighted by atomic mass is 10.1. The van der Waals surface area contributed by atoms with Crippen molar-refractivity contribution in [2.45, 2.75) is 20.0 Å². The molecule has 110 valence electrons. The summed E-state index contributed by atoms with van der Waals surface area (Å²) in [5.41, 5.74) is 0.997. The number of aryl methyl sites for hydroxylation is 1. The van der Waals surface area contributed by atoms with Gasteiger partial charge in [-0.25, -0.2) is 4.39 Å². The van der Waals surface area contributed by atoms with Gasteiger partial charge in [0.05, 0.1) is 9.95 Å². The summed E-state index contributed by atoms with van der Waals surface area (Å²) in [6, 6.07) is 8.53. The lowest BCUT2D eigenvalue weighted by Gasteiger charge is -2.18. The van der Waals surface area contributed by atoms with Crippen LogP contribution in [0.5, 0.6) is 5.75 Å². The van der Waals surface area contributed by atoms with Crippen LogP contribution in [0.3, 0.4) is 0 Å². The van der Waals surface area contributed by atoms with Crippen LogP contribution in [0.25, 0.3) is 0 Å². The molecule has 0 aliphatic carbocycles. The van der Waals surface area contributed by atoms with Crippen molar-refractivity contribution in [1.29, 1.82) is 0 Å². The van der Waals surface area contributed by atoms with Gasteiger partial charge in [0.2, 0.25) is 0 Å². The van der Waals surface area contributed by atoms with E-state index in [0.717, 1.165) is 5.56 Å². The van der Waals surface area contributed by atoms with Crippen molar-refractivity contribution < 1.29 is 14.1 Å². The third kappa shape index (κ3) is 3.31. The number of nitro groups is 1. The van der Waals surface area contributed by atoms with E-state index in [-0.39, 0.29) is 11.3 Å². The Morgan fingerprint density at radius 3 is 2.43 bits per heavy atom. The zero-order valence-corrected chi connectivity index (χ0v) is 12.2. The Labute approximate surface area is 126 Å². The van der Waals surface area contributed by atoms with Gasteiger partial charge in [0.15, 0.2) is 0 Å². The molecule has 1 atom stereocenters. The molecule has 6 heteroatoms. The Bertz CT molecular complexity index is 673. The molecule has 4 nitrogen and oxygen atoms in total. The van der Waals surface area contributed by atoms with Gasteiger partial charge in [0.1, 0.15) is 17.7 Å². The molecule has 2 rings (SSSR count). The van der Waals surface area contributed by atoms with Gasteiger partial charge in [-0.3, -0.25) is 10.1 Å². The van der Waals surface area contributed by atoms with Crippen molar-refractivity contribution in [2.75, 3.05) is 0 Å². The van der Waals surface area contributed by atoms with Crippen molar-refractivity contribution in [3.63, 3.8) is 0 Å². The van der Waals surface area contributed by atoms with Crippen LogP contribution in [0.4, 0.5) is 10.1 Å². The van der Waals surface area contributed by atoms with Gasteiger partial charge in [-0.05, 0) is 37.6 Å². The Kier molecular flexibility index (Phi) is 4.43. The summed E-state index contributed by atoms with van der Waals surface area (Å²) in [6.07, 6.45) is -0.612. The van der Waals surface area contributed by atoms with Crippen LogP contribution in [-0.4, -0.2) is 4.92 Å². The van der Waals surface area contributed by atoms with Gasteiger partial charge in [-0.2, -0.15) is 0 Å². The van der Waals surface area contributed by atoms with Crippen LogP contribution in [0.2, 0.25) is 5.02 Å². The molecular formula is C15H13ClFNO3. The minimum absolute atomic E-state index is 0.0326. The third-order valence-electron chi connectivity index (χ3n) is 3.09. The maximum Gasteiger partial charge on any atom is 0.269 e.